The van der Waals surface area contributed by atoms with Crippen LogP contribution in [-0.2, 0) is 24.1 Å². The molecule has 4 heteroatoms. The van der Waals surface area contributed by atoms with E-state index in [4.69, 9.17) is 0 Å². The van der Waals surface area contributed by atoms with Crippen molar-refractivity contribution in [3.8, 4) is 0 Å². The highest BCUT2D eigenvalue weighted by Gasteiger charge is 2.36. The molecule has 114 valence electrons. The van der Waals surface area contributed by atoms with Crippen LogP contribution in [0, 0.1) is 12.8 Å². The molecule has 1 aliphatic carbocycles. The zero-order valence-corrected chi connectivity index (χ0v) is 13.1. The van der Waals surface area contributed by atoms with Crippen molar-refractivity contribution in [3.05, 3.63) is 47.0 Å². The van der Waals surface area contributed by atoms with E-state index in [9.17, 15) is 4.79 Å². The quantitative estimate of drug-likeness (QED) is 0.879. The molecule has 0 unspecified atom stereocenters. The summed E-state index contributed by atoms with van der Waals surface area (Å²) in [7, 11) is 0. The van der Waals surface area contributed by atoms with Gasteiger partial charge in [-0.15, -0.1) is 0 Å². The molecule has 1 aromatic carbocycles. The lowest BCUT2D eigenvalue weighted by atomic mass is 9.88. The number of nitrogens with one attached hydrogen (secondary N) is 1. The number of benzene rings is 1. The highest BCUT2D eigenvalue weighted by Crippen LogP contribution is 2.35. The monoisotopic (exact) mass is 295 g/mol. The zero-order chi connectivity index (χ0) is 15.3. The summed E-state index contributed by atoms with van der Waals surface area (Å²) >= 11 is 0. The van der Waals surface area contributed by atoms with Gasteiger partial charge in [0, 0.05) is 29.8 Å². The number of carbonyl (C=O) groups is 1. The summed E-state index contributed by atoms with van der Waals surface area (Å²) in [4.78, 5) is 22.9. The van der Waals surface area contributed by atoms with Gasteiger partial charge in [0.25, 0.3) is 0 Å². The number of hydrogen-bond acceptors (Lipinski definition) is 2. The minimum atomic E-state index is 0.0703. The average molecular weight is 295 g/mol. The Morgan fingerprint density at radius 3 is 3.00 bits per heavy atom. The van der Waals surface area contributed by atoms with E-state index >= 15 is 0 Å². The topological polar surface area (TPSA) is 49.0 Å². The summed E-state index contributed by atoms with van der Waals surface area (Å²) in [5, 5.41) is 0. The van der Waals surface area contributed by atoms with E-state index in [-0.39, 0.29) is 17.9 Å². The number of amides is 1. The lowest BCUT2D eigenvalue weighted by Crippen LogP contribution is -2.41. The average Bonchev–Trinajstić information content (AvgIpc) is 3.03. The summed E-state index contributed by atoms with van der Waals surface area (Å²) in [5.41, 5.74) is 4.70. The number of anilines is 1. The molecule has 0 saturated carbocycles. The number of imidazole rings is 1. The fourth-order valence-corrected chi connectivity index (χ4v) is 3.93. The van der Waals surface area contributed by atoms with Crippen LogP contribution in [0.25, 0.3) is 0 Å². The predicted molar refractivity (Wildman–Crippen MR) is 85.9 cm³/mol. The molecule has 1 aliphatic heterocycles. The SMILES string of the molecule is Cc1nc2c([nH]1)C[C@H](C(=O)N1c3ccccc3C[C@H]1C)CC2. The Bertz CT molecular complexity index is 734. The highest BCUT2D eigenvalue weighted by atomic mass is 16.2. The number of para-hydroxylation sites is 1. The third kappa shape index (κ3) is 2.05. The zero-order valence-electron chi connectivity index (χ0n) is 13.1. The fraction of sp³-hybridized carbons (Fsp3) is 0.444. The van der Waals surface area contributed by atoms with E-state index < -0.39 is 0 Å². The molecule has 22 heavy (non-hydrogen) atoms. The van der Waals surface area contributed by atoms with E-state index in [0.29, 0.717) is 0 Å². The van der Waals surface area contributed by atoms with Crippen LogP contribution in [0.2, 0.25) is 0 Å². The smallest absolute Gasteiger partial charge is 0.230 e. The number of hydrogen-bond donors (Lipinski definition) is 1. The van der Waals surface area contributed by atoms with E-state index in [2.05, 4.69) is 35.1 Å². The summed E-state index contributed by atoms with van der Waals surface area (Å²) < 4.78 is 0. The van der Waals surface area contributed by atoms with Gasteiger partial charge in [0.1, 0.15) is 5.82 Å². The van der Waals surface area contributed by atoms with Crippen LogP contribution in [0.15, 0.2) is 24.3 Å². The summed E-state index contributed by atoms with van der Waals surface area (Å²) in [6, 6.07) is 8.55. The summed E-state index contributed by atoms with van der Waals surface area (Å²) in [6.45, 7) is 4.13. The van der Waals surface area contributed by atoms with Crippen molar-refractivity contribution in [1.29, 1.82) is 0 Å². The summed E-state index contributed by atoms with van der Waals surface area (Å²) in [6.07, 6.45) is 3.56. The van der Waals surface area contributed by atoms with Crippen LogP contribution in [0.3, 0.4) is 0 Å². The maximum atomic E-state index is 13.1. The van der Waals surface area contributed by atoms with Gasteiger partial charge in [0.15, 0.2) is 0 Å². The van der Waals surface area contributed by atoms with Crippen molar-refractivity contribution in [2.75, 3.05) is 4.90 Å². The molecule has 2 aliphatic rings. The minimum absolute atomic E-state index is 0.0703. The second kappa shape index (κ2) is 4.97. The lowest BCUT2D eigenvalue weighted by Gasteiger charge is -2.29. The number of H-pyrrole nitrogens is 1. The van der Waals surface area contributed by atoms with Crippen molar-refractivity contribution in [1.82, 2.24) is 9.97 Å². The van der Waals surface area contributed by atoms with E-state index in [0.717, 1.165) is 48.6 Å². The first-order valence-electron chi connectivity index (χ1n) is 8.09. The first-order chi connectivity index (χ1) is 10.6. The third-order valence-electron chi connectivity index (χ3n) is 4.96. The second-order valence-corrected chi connectivity index (χ2v) is 6.58. The molecule has 1 amide bonds. The van der Waals surface area contributed by atoms with E-state index in [1.807, 2.05) is 17.9 Å². The standard InChI is InChI=1S/C18H21N3O/c1-11-9-13-5-3-4-6-17(13)21(11)18(22)14-7-8-15-16(10-14)20-12(2)19-15/h3-6,11,14H,7-10H2,1-2H3,(H,19,20)/t11-,14-/m1/s1. The van der Waals surface area contributed by atoms with Gasteiger partial charge in [-0.1, -0.05) is 18.2 Å². The molecule has 0 radical (unpaired) electrons. The normalized spacial score (nSPS) is 23.3. The van der Waals surface area contributed by atoms with Gasteiger partial charge < -0.3 is 9.88 Å². The maximum Gasteiger partial charge on any atom is 0.230 e. The molecule has 0 bridgehead atoms. The van der Waals surface area contributed by atoms with Crippen LogP contribution in [0.5, 0.6) is 0 Å². The number of aromatic nitrogens is 2. The molecule has 2 heterocycles. The van der Waals surface area contributed by atoms with Gasteiger partial charge in [-0.05, 0) is 44.7 Å². The number of fused-ring (bicyclic) bond motifs is 2. The minimum Gasteiger partial charge on any atom is -0.346 e. The first-order valence-corrected chi connectivity index (χ1v) is 8.09. The third-order valence-corrected chi connectivity index (χ3v) is 4.96. The maximum absolute atomic E-state index is 13.1. The van der Waals surface area contributed by atoms with Crippen molar-refractivity contribution in [2.45, 2.75) is 45.6 Å². The number of aromatic amines is 1. The van der Waals surface area contributed by atoms with Crippen molar-refractivity contribution in [3.63, 3.8) is 0 Å². The van der Waals surface area contributed by atoms with Crippen LogP contribution in [0.1, 0.15) is 36.1 Å². The Hall–Kier alpha value is -2.10. The molecule has 0 saturated heterocycles. The van der Waals surface area contributed by atoms with Gasteiger partial charge >= 0.3 is 0 Å². The van der Waals surface area contributed by atoms with Gasteiger partial charge in [-0.25, -0.2) is 4.98 Å². The molecule has 0 fully saturated rings. The highest BCUT2D eigenvalue weighted by molar-refractivity contribution is 5.97. The molecular weight excluding hydrogens is 274 g/mol. The van der Waals surface area contributed by atoms with Crippen LogP contribution in [-0.4, -0.2) is 21.9 Å². The Morgan fingerprint density at radius 1 is 1.32 bits per heavy atom. The van der Waals surface area contributed by atoms with Crippen molar-refractivity contribution in [2.24, 2.45) is 5.92 Å². The van der Waals surface area contributed by atoms with Gasteiger partial charge in [0.05, 0.1) is 5.69 Å². The lowest BCUT2D eigenvalue weighted by molar-refractivity contribution is -0.123. The van der Waals surface area contributed by atoms with E-state index in [1.165, 1.54) is 5.56 Å². The Morgan fingerprint density at radius 2 is 2.14 bits per heavy atom. The van der Waals surface area contributed by atoms with Crippen molar-refractivity contribution >= 4 is 11.6 Å². The number of carbonyl (C=O) groups excluding carboxylic acids is 1. The van der Waals surface area contributed by atoms with Crippen LogP contribution in [0.4, 0.5) is 5.69 Å². The molecule has 1 aromatic heterocycles. The van der Waals surface area contributed by atoms with Crippen LogP contribution < -0.4 is 4.90 Å². The first kappa shape index (κ1) is 13.6. The Balaban J connectivity index is 1.60. The molecular formula is C18H21N3O. The fourth-order valence-electron chi connectivity index (χ4n) is 3.93. The Labute approximate surface area is 130 Å². The number of nitrogens with zero attached hydrogens (tertiary/aromatic N) is 2. The molecule has 1 N–H and O–H groups in total. The molecule has 2 aromatic rings. The van der Waals surface area contributed by atoms with Crippen LogP contribution >= 0.6 is 0 Å². The number of aryl methyl sites for hydroxylation is 2. The van der Waals surface area contributed by atoms with E-state index in [1.54, 1.807) is 0 Å². The van der Waals surface area contributed by atoms with Gasteiger partial charge in [0.2, 0.25) is 5.91 Å². The second-order valence-electron chi connectivity index (χ2n) is 6.58. The van der Waals surface area contributed by atoms with Crippen molar-refractivity contribution < 1.29 is 4.79 Å². The molecule has 0 spiro atoms. The summed E-state index contributed by atoms with van der Waals surface area (Å²) in [5.74, 6) is 1.30. The molecule has 2 atom stereocenters. The molecule has 4 rings (SSSR count). The Kier molecular flexibility index (Phi) is 3.06. The van der Waals surface area contributed by atoms with Gasteiger partial charge in [-0.3, -0.25) is 4.79 Å². The molecule has 4 nitrogen and oxygen atoms in total. The largest absolute Gasteiger partial charge is 0.346 e. The van der Waals surface area contributed by atoms with Gasteiger partial charge in [-0.2, -0.15) is 0 Å². The predicted octanol–water partition coefficient (Wildman–Crippen LogP) is 2.80. The number of rotatable bonds is 1.